The first kappa shape index (κ1) is 22.9. The molecule has 5 rings (SSSR count). The Morgan fingerprint density at radius 1 is 0.914 bits per heavy atom. The van der Waals surface area contributed by atoms with Crippen LogP contribution in [0.3, 0.4) is 0 Å². The highest BCUT2D eigenvalue weighted by atomic mass is 19.4. The zero-order valence-corrected chi connectivity index (χ0v) is 18.5. The Hall–Kier alpha value is -3.85. The summed E-state index contributed by atoms with van der Waals surface area (Å²) in [6, 6.07) is 14.4. The van der Waals surface area contributed by atoms with E-state index in [0.29, 0.717) is 55.0 Å². The van der Waals surface area contributed by atoms with E-state index < -0.39 is 12.3 Å². The van der Waals surface area contributed by atoms with Crippen LogP contribution in [0.4, 0.5) is 13.2 Å². The number of ether oxygens (including phenoxy) is 2. The van der Waals surface area contributed by atoms with E-state index in [1.165, 1.54) is 24.3 Å². The number of benzene rings is 3. The van der Waals surface area contributed by atoms with Gasteiger partial charge in [0, 0.05) is 24.2 Å². The molecule has 2 aliphatic rings. The first-order chi connectivity index (χ1) is 16.7. The Balaban J connectivity index is 1.50. The smallest absolute Gasteiger partial charge is 0.406 e. The lowest BCUT2D eigenvalue weighted by Crippen LogP contribution is -2.40. The van der Waals surface area contributed by atoms with E-state index in [1.807, 2.05) is 18.2 Å². The molecule has 0 atom stereocenters. The predicted octanol–water partition coefficient (Wildman–Crippen LogP) is 4.39. The first-order valence-corrected chi connectivity index (χ1v) is 11.0. The van der Waals surface area contributed by atoms with Gasteiger partial charge in [0.2, 0.25) is 5.91 Å². The number of carbonyl (C=O) groups is 2. The summed E-state index contributed by atoms with van der Waals surface area (Å²) in [5, 5.41) is 0. The quantitative estimate of drug-likeness (QED) is 0.468. The summed E-state index contributed by atoms with van der Waals surface area (Å²) in [5.41, 5.74) is 11.2. The van der Waals surface area contributed by atoms with Crippen molar-refractivity contribution in [3.05, 3.63) is 76.9 Å². The molecular weight excluding hydrogens is 461 g/mol. The summed E-state index contributed by atoms with van der Waals surface area (Å²) in [6.45, 7) is 2.10. The van der Waals surface area contributed by atoms with Crippen molar-refractivity contribution in [2.24, 2.45) is 5.73 Å². The number of hydrogen-bond acceptors (Lipinski definition) is 4. The fraction of sp³-hybridized carbons (Fsp3) is 0.231. The normalized spacial score (nSPS) is 14.9. The third-order valence-electron chi connectivity index (χ3n) is 6.24. The lowest BCUT2D eigenvalue weighted by Gasteiger charge is -2.27. The second kappa shape index (κ2) is 8.74. The minimum absolute atomic E-state index is 0.0657. The van der Waals surface area contributed by atoms with Crippen molar-refractivity contribution in [1.29, 1.82) is 0 Å². The largest absolute Gasteiger partial charge is 0.573 e. The van der Waals surface area contributed by atoms with Crippen molar-refractivity contribution in [2.45, 2.75) is 12.8 Å². The first-order valence-electron chi connectivity index (χ1n) is 11.0. The second-order valence-corrected chi connectivity index (χ2v) is 8.44. The molecule has 1 fully saturated rings. The molecular formula is C26H21F3N2O4. The molecule has 0 radical (unpaired) electrons. The number of alkyl halides is 3. The van der Waals surface area contributed by atoms with Gasteiger partial charge in [-0.15, -0.1) is 13.2 Å². The van der Waals surface area contributed by atoms with Gasteiger partial charge >= 0.3 is 6.36 Å². The lowest BCUT2D eigenvalue weighted by molar-refractivity contribution is -0.274. The fourth-order valence-electron chi connectivity index (χ4n) is 4.61. The van der Waals surface area contributed by atoms with Gasteiger partial charge in [0.25, 0.3) is 5.91 Å². The van der Waals surface area contributed by atoms with Crippen molar-refractivity contribution in [3.63, 3.8) is 0 Å². The molecule has 2 amide bonds. The summed E-state index contributed by atoms with van der Waals surface area (Å²) < 4.78 is 46.7. The Morgan fingerprint density at radius 2 is 1.63 bits per heavy atom. The van der Waals surface area contributed by atoms with Crippen LogP contribution in [0.5, 0.6) is 5.75 Å². The number of halogens is 3. The van der Waals surface area contributed by atoms with Crippen molar-refractivity contribution in [2.75, 3.05) is 26.3 Å². The highest BCUT2D eigenvalue weighted by molar-refractivity contribution is 6.01. The van der Waals surface area contributed by atoms with Crippen LogP contribution < -0.4 is 10.5 Å². The Morgan fingerprint density at radius 3 is 2.29 bits per heavy atom. The molecule has 0 spiro atoms. The van der Waals surface area contributed by atoms with Gasteiger partial charge in [0.05, 0.1) is 13.2 Å². The number of amides is 2. The van der Waals surface area contributed by atoms with Crippen molar-refractivity contribution in [1.82, 2.24) is 4.90 Å². The topological polar surface area (TPSA) is 81.9 Å². The summed E-state index contributed by atoms with van der Waals surface area (Å²) >= 11 is 0. The molecule has 0 aromatic heterocycles. The zero-order valence-electron chi connectivity index (χ0n) is 18.5. The number of morpholine rings is 1. The van der Waals surface area contributed by atoms with Crippen LogP contribution in [0.25, 0.3) is 22.3 Å². The van der Waals surface area contributed by atoms with E-state index in [2.05, 4.69) is 4.74 Å². The van der Waals surface area contributed by atoms with Crippen LogP contribution in [-0.4, -0.2) is 49.4 Å². The van der Waals surface area contributed by atoms with Crippen molar-refractivity contribution in [3.8, 4) is 28.0 Å². The molecule has 1 aliphatic heterocycles. The van der Waals surface area contributed by atoms with Gasteiger partial charge in [0.1, 0.15) is 5.75 Å². The van der Waals surface area contributed by atoms with Gasteiger partial charge in [-0.2, -0.15) is 0 Å². The maximum absolute atomic E-state index is 12.9. The summed E-state index contributed by atoms with van der Waals surface area (Å²) in [7, 11) is 0. The molecule has 9 heteroatoms. The number of carbonyl (C=O) groups excluding carboxylic acids is 2. The van der Waals surface area contributed by atoms with Crippen LogP contribution >= 0.6 is 0 Å². The van der Waals surface area contributed by atoms with Gasteiger partial charge in [-0.1, -0.05) is 18.2 Å². The minimum atomic E-state index is -4.78. The lowest BCUT2D eigenvalue weighted by atomic mass is 9.94. The van der Waals surface area contributed by atoms with Crippen LogP contribution in [0, 0.1) is 0 Å². The summed E-state index contributed by atoms with van der Waals surface area (Å²) in [5.74, 6) is -0.998. The van der Waals surface area contributed by atoms with E-state index in [9.17, 15) is 22.8 Å². The van der Waals surface area contributed by atoms with E-state index in [1.54, 1.807) is 17.0 Å². The third-order valence-corrected chi connectivity index (χ3v) is 6.24. The molecule has 3 aromatic carbocycles. The predicted molar refractivity (Wildman–Crippen MR) is 122 cm³/mol. The fourth-order valence-corrected chi connectivity index (χ4v) is 4.61. The van der Waals surface area contributed by atoms with Crippen LogP contribution in [-0.2, 0) is 11.2 Å². The molecule has 0 unspecified atom stereocenters. The standard InChI is InChI=1S/C26H21F3N2O4/c27-26(28,29)35-19-4-1-15(2-5-19)17-12-21-20-6-3-16(25(33)31-7-9-34-10-8-31)11-18(20)14-22(21)23(13-17)24(30)32/h1-6,11-13H,7-10,14H2,(H2,30,32). The molecule has 1 saturated heterocycles. The molecule has 6 nitrogen and oxygen atoms in total. The molecule has 3 aromatic rings. The van der Waals surface area contributed by atoms with E-state index >= 15 is 0 Å². The minimum Gasteiger partial charge on any atom is -0.406 e. The number of rotatable bonds is 4. The van der Waals surface area contributed by atoms with E-state index in [-0.39, 0.29) is 11.7 Å². The monoisotopic (exact) mass is 482 g/mol. The second-order valence-electron chi connectivity index (χ2n) is 8.44. The molecule has 0 saturated carbocycles. The Kier molecular flexibility index (Phi) is 5.72. The number of fused-ring (bicyclic) bond motifs is 3. The van der Waals surface area contributed by atoms with Crippen molar-refractivity contribution >= 4 is 11.8 Å². The van der Waals surface area contributed by atoms with Crippen molar-refractivity contribution < 1.29 is 32.2 Å². The Labute approximate surface area is 199 Å². The highest BCUT2D eigenvalue weighted by Crippen LogP contribution is 2.42. The van der Waals surface area contributed by atoms with E-state index in [4.69, 9.17) is 10.5 Å². The number of hydrogen-bond donors (Lipinski definition) is 1. The van der Waals surface area contributed by atoms with Crippen LogP contribution in [0.15, 0.2) is 54.6 Å². The molecule has 35 heavy (non-hydrogen) atoms. The molecule has 1 heterocycles. The number of primary amides is 1. The molecule has 2 N–H and O–H groups in total. The molecule has 0 bridgehead atoms. The molecule has 180 valence electrons. The van der Waals surface area contributed by atoms with Gasteiger partial charge in [-0.3, -0.25) is 9.59 Å². The van der Waals surface area contributed by atoms with E-state index in [0.717, 1.165) is 22.3 Å². The third kappa shape index (κ3) is 4.59. The van der Waals surface area contributed by atoms with Gasteiger partial charge in [-0.25, -0.2) is 0 Å². The number of nitrogens with two attached hydrogens (primary N) is 1. The summed E-state index contributed by atoms with van der Waals surface area (Å²) in [4.78, 5) is 27.0. The summed E-state index contributed by atoms with van der Waals surface area (Å²) in [6.07, 6.45) is -4.33. The van der Waals surface area contributed by atoms with Gasteiger partial charge < -0.3 is 20.1 Å². The van der Waals surface area contributed by atoms with Gasteiger partial charge in [-0.05, 0) is 76.2 Å². The van der Waals surface area contributed by atoms with Crippen LogP contribution in [0.2, 0.25) is 0 Å². The maximum Gasteiger partial charge on any atom is 0.573 e. The molecule has 1 aliphatic carbocycles. The SMILES string of the molecule is NC(=O)c1cc(-c2ccc(OC(F)(F)F)cc2)cc2c1Cc1cc(C(=O)N3CCOCC3)ccc1-2. The maximum atomic E-state index is 12.9. The number of nitrogens with zero attached hydrogens (tertiary/aromatic N) is 1. The zero-order chi connectivity index (χ0) is 24.7. The highest BCUT2D eigenvalue weighted by Gasteiger charge is 2.31. The van der Waals surface area contributed by atoms with Crippen LogP contribution in [0.1, 0.15) is 31.8 Å². The Bertz CT molecular complexity index is 1310. The average Bonchev–Trinajstić information content (AvgIpc) is 3.20. The average molecular weight is 482 g/mol. The van der Waals surface area contributed by atoms with Gasteiger partial charge in [0.15, 0.2) is 0 Å².